The second-order valence-corrected chi connectivity index (χ2v) is 5.28. The van der Waals surface area contributed by atoms with Crippen LogP contribution in [0.5, 0.6) is 0 Å². The summed E-state index contributed by atoms with van der Waals surface area (Å²) in [4.78, 5) is 13.4. The predicted octanol–water partition coefficient (Wildman–Crippen LogP) is 0.977. The minimum atomic E-state index is 0.134. The molecule has 0 saturated heterocycles. The fourth-order valence-corrected chi connectivity index (χ4v) is 2.64. The summed E-state index contributed by atoms with van der Waals surface area (Å²) >= 11 is 0. The Kier molecular flexibility index (Phi) is 5.92. The second kappa shape index (κ2) is 6.97. The Morgan fingerprint density at radius 1 is 1.29 bits per heavy atom. The number of rotatable bonds is 7. The van der Waals surface area contributed by atoms with Crippen molar-refractivity contribution in [3.05, 3.63) is 0 Å². The van der Waals surface area contributed by atoms with Crippen LogP contribution < -0.4 is 10.6 Å². The maximum absolute atomic E-state index is 11.1. The number of amides is 1. The predicted molar refractivity (Wildman–Crippen MR) is 71.1 cm³/mol. The lowest BCUT2D eigenvalue weighted by Crippen LogP contribution is -2.49. The molecule has 0 aromatic rings. The molecular weight excluding hydrogens is 214 g/mol. The molecule has 0 radical (unpaired) electrons. The molecule has 0 unspecified atom stereocenters. The van der Waals surface area contributed by atoms with Crippen LogP contribution in [0.1, 0.15) is 38.5 Å². The van der Waals surface area contributed by atoms with E-state index in [1.165, 1.54) is 25.7 Å². The van der Waals surface area contributed by atoms with Crippen molar-refractivity contribution >= 4 is 5.91 Å². The lowest BCUT2D eigenvalue weighted by atomic mass is 9.96. The van der Waals surface area contributed by atoms with E-state index in [9.17, 15) is 4.79 Å². The highest BCUT2D eigenvalue weighted by atomic mass is 16.1. The first kappa shape index (κ1) is 14.5. The van der Waals surface area contributed by atoms with Crippen LogP contribution in [-0.2, 0) is 4.79 Å². The van der Waals surface area contributed by atoms with Gasteiger partial charge in [-0.3, -0.25) is 4.79 Å². The van der Waals surface area contributed by atoms with E-state index in [4.69, 9.17) is 0 Å². The third kappa shape index (κ3) is 4.28. The lowest BCUT2D eigenvalue weighted by Gasteiger charge is -2.36. The van der Waals surface area contributed by atoms with Crippen LogP contribution >= 0.6 is 0 Å². The highest BCUT2D eigenvalue weighted by Crippen LogP contribution is 2.32. The van der Waals surface area contributed by atoms with E-state index in [1.54, 1.807) is 7.05 Å². The van der Waals surface area contributed by atoms with E-state index in [0.29, 0.717) is 12.0 Å². The van der Waals surface area contributed by atoms with Crippen molar-refractivity contribution in [1.29, 1.82) is 0 Å². The van der Waals surface area contributed by atoms with Gasteiger partial charge in [0.25, 0.3) is 0 Å². The molecule has 0 aliphatic heterocycles. The fraction of sp³-hybridized carbons (Fsp3) is 0.923. The Balaban J connectivity index is 2.18. The quantitative estimate of drug-likeness (QED) is 0.653. The molecule has 1 rings (SSSR count). The zero-order valence-corrected chi connectivity index (χ0v) is 11.5. The number of nitrogens with zero attached hydrogens (tertiary/aromatic N) is 1. The van der Waals surface area contributed by atoms with Gasteiger partial charge in [-0.25, -0.2) is 0 Å². The van der Waals surface area contributed by atoms with Gasteiger partial charge in [0, 0.05) is 25.6 Å². The molecule has 0 heterocycles. The highest BCUT2D eigenvalue weighted by molar-refractivity contribution is 5.75. The van der Waals surface area contributed by atoms with Gasteiger partial charge in [0.2, 0.25) is 5.91 Å². The van der Waals surface area contributed by atoms with E-state index in [0.717, 1.165) is 19.5 Å². The molecule has 1 amide bonds. The van der Waals surface area contributed by atoms with Crippen LogP contribution in [0.3, 0.4) is 0 Å². The Labute approximate surface area is 105 Å². The maximum atomic E-state index is 11.1. The first-order valence-corrected chi connectivity index (χ1v) is 6.69. The average Bonchev–Trinajstić information content (AvgIpc) is 2.78. The smallest absolute Gasteiger partial charge is 0.219 e. The molecule has 0 bridgehead atoms. The van der Waals surface area contributed by atoms with Crippen LogP contribution in [-0.4, -0.2) is 50.6 Å². The van der Waals surface area contributed by atoms with E-state index in [1.807, 2.05) is 0 Å². The summed E-state index contributed by atoms with van der Waals surface area (Å²) in [5, 5.41) is 6.16. The van der Waals surface area contributed by atoms with Gasteiger partial charge in [-0.15, -0.1) is 0 Å². The Hall–Kier alpha value is -0.610. The van der Waals surface area contributed by atoms with Gasteiger partial charge in [-0.2, -0.15) is 0 Å². The van der Waals surface area contributed by atoms with Gasteiger partial charge in [-0.05, 0) is 39.9 Å². The van der Waals surface area contributed by atoms with Crippen LogP contribution in [0.25, 0.3) is 0 Å². The van der Waals surface area contributed by atoms with Gasteiger partial charge in [0.1, 0.15) is 0 Å². The molecule has 2 N–H and O–H groups in total. The van der Waals surface area contributed by atoms with Crippen LogP contribution in [0.2, 0.25) is 0 Å². The molecule has 0 atom stereocenters. The topological polar surface area (TPSA) is 44.4 Å². The minimum absolute atomic E-state index is 0.134. The molecular formula is C13H27N3O. The molecule has 4 nitrogen and oxygen atoms in total. The van der Waals surface area contributed by atoms with Gasteiger partial charge in [0.05, 0.1) is 0 Å². The zero-order valence-electron chi connectivity index (χ0n) is 11.5. The van der Waals surface area contributed by atoms with Crippen molar-refractivity contribution in [2.24, 2.45) is 0 Å². The van der Waals surface area contributed by atoms with E-state index in [2.05, 4.69) is 29.6 Å². The standard InChI is InChI=1S/C13H27N3O/c1-14-12(17)7-6-10-15-11-13(16(2)3)8-4-5-9-13/h15H,4-11H2,1-3H3,(H,14,17). The maximum Gasteiger partial charge on any atom is 0.219 e. The monoisotopic (exact) mass is 241 g/mol. The molecule has 0 aromatic heterocycles. The molecule has 1 saturated carbocycles. The number of carbonyl (C=O) groups is 1. The number of hydrogen-bond acceptors (Lipinski definition) is 3. The summed E-state index contributed by atoms with van der Waals surface area (Å²) in [5.41, 5.74) is 0.354. The van der Waals surface area contributed by atoms with Gasteiger partial charge in [0.15, 0.2) is 0 Å². The van der Waals surface area contributed by atoms with Crippen molar-refractivity contribution < 1.29 is 4.79 Å². The first-order valence-electron chi connectivity index (χ1n) is 6.69. The van der Waals surface area contributed by atoms with Crippen molar-refractivity contribution in [1.82, 2.24) is 15.5 Å². The van der Waals surface area contributed by atoms with Crippen LogP contribution in [0, 0.1) is 0 Å². The molecule has 1 aliphatic rings. The van der Waals surface area contributed by atoms with Gasteiger partial charge < -0.3 is 15.5 Å². The molecule has 0 spiro atoms. The van der Waals surface area contributed by atoms with Crippen molar-refractivity contribution in [2.75, 3.05) is 34.2 Å². The lowest BCUT2D eigenvalue weighted by molar-refractivity contribution is -0.120. The number of hydrogen-bond donors (Lipinski definition) is 2. The third-order valence-corrected chi connectivity index (χ3v) is 3.97. The summed E-state index contributed by atoms with van der Waals surface area (Å²) in [6, 6.07) is 0. The van der Waals surface area contributed by atoms with Gasteiger partial charge in [-0.1, -0.05) is 12.8 Å². The van der Waals surface area contributed by atoms with Crippen LogP contribution in [0.4, 0.5) is 0 Å². The summed E-state index contributed by atoms with van der Waals surface area (Å²) in [7, 11) is 6.05. The van der Waals surface area contributed by atoms with Crippen molar-refractivity contribution in [3.8, 4) is 0 Å². The Morgan fingerprint density at radius 3 is 2.47 bits per heavy atom. The molecule has 1 fully saturated rings. The largest absolute Gasteiger partial charge is 0.359 e. The molecule has 1 aliphatic carbocycles. The molecule has 0 aromatic carbocycles. The SMILES string of the molecule is CNC(=O)CCCNCC1(N(C)C)CCCC1. The van der Waals surface area contributed by atoms with Crippen LogP contribution in [0.15, 0.2) is 0 Å². The number of likely N-dealkylation sites (N-methyl/N-ethyl adjacent to an activating group) is 1. The second-order valence-electron chi connectivity index (χ2n) is 5.28. The van der Waals surface area contributed by atoms with Crippen molar-refractivity contribution in [2.45, 2.75) is 44.1 Å². The molecule has 4 heteroatoms. The van der Waals surface area contributed by atoms with Crippen molar-refractivity contribution in [3.63, 3.8) is 0 Å². The summed E-state index contributed by atoms with van der Waals surface area (Å²) in [6.45, 7) is 1.98. The number of nitrogens with one attached hydrogen (secondary N) is 2. The highest BCUT2D eigenvalue weighted by Gasteiger charge is 2.35. The van der Waals surface area contributed by atoms with E-state index in [-0.39, 0.29) is 5.91 Å². The van der Waals surface area contributed by atoms with E-state index >= 15 is 0 Å². The first-order chi connectivity index (χ1) is 8.10. The summed E-state index contributed by atoms with van der Waals surface area (Å²) in [6.07, 6.45) is 6.82. The normalized spacial score (nSPS) is 18.6. The summed E-state index contributed by atoms with van der Waals surface area (Å²) < 4.78 is 0. The zero-order chi connectivity index (χ0) is 12.7. The molecule has 100 valence electrons. The average molecular weight is 241 g/mol. The minimum Gasteiger partial charge on any atom is -0.359 e. The Bertz CT molecular complexity index is 235. The third-order valence-electron chi connectivity index (χ3n) is 3.97. The summed E-state index contributed by atoms with van der Waals surface area (Å²) in [5.74, 6) is 0.134. The van der Waals surface area contributed by atoms with Gasteiger partial charge >= 0.3 is 0 Å². The van der Waals surface area contributed by atoms with E-state index < -0.39 is 0 Å². The fourth-order valence-electron chi connectivity index (χ4n) is 2.64. The Morgan fingerprint density at radius 2 is 1.94 bits per heavy atom. The molecule has 17 heavy (non-hydrogen) atoms. The number of carbonyl (C=O) groups excluding carboxylic acids is 1.